The number of ether oxygens (including phenoxy) is 1. The third-order valence-corrected chi connectivity index (χ3v) is 2.42. The standard InChI is InChI=1S/C13H15F2NO/c1-7-6-16-9-5-8(14)12(11(15)10(7)9)17-13(2,3)4/h5-6,16H,1-4H3. The molecule has 0 amide bonds. The highest BCUT2D eigenvalue weighted by atomic mass is 19.1. The first-order valence-corrected chi connectivity index (χ1v) is 5.44. The predicted octanol–water partition coefficient (Wildman–Crippen LogP) is 3.93. The topological polar surface area (TPSA) is 25.0 Å². The van der Waals surface area contributed by atoms with Crippen LogP contribution in [0, 0.1) is 18.6 Å². The number of aromatic amines is 1. The average molecular weight is 239 g/mol. The van der Waals surface area contributed by atoms with Gasteiger partial charge < -0.3 is 9.72 Å². The van der Waals surface area contributed by atoms with E-state index in [-0.39, 0.29) is 5.75 Å². The van der Waals surface area contributed by atoms with Gasteiger partial charge in [-0.1, -0.05) is 0 Å². The molecule has 2 aromatic rings. The fraction of sp³-hybridized carbons (Fsp3) is 0.385. The van der Waals surface area contributed by atoms with Crippen LogP contribution in [0.1, 0.15) is 26.3 Å². The minimum atomic E-state index is -0.688. The van der Waals surface area contributed by atoms with Crippen molar-refractivity contribution in [3.63, 3.8) is 0 Å². The molecule has 1 N–H and O–H groups in total. The number of H-pyrrole nitrogens is 1. The minimum absolute atomic E-state index is 0.312. The molecule has 0 aliphatic rings. The van der Waals surface area contributed by atoms with E-state index in [0.717, 1.165) is 5.56 Å². The second-order valence-corrected chi connectivity index (χ2v) is 5.11. The molecule has 0 atom stereocenters. The van der Waals surface area contributed by atoms with Gasteiger partial charge in [-0.3, -0.25) is 0 Å². The first-order valence-electron chi connectivity index (χ1n) is 5.44. The van der Waals surface area contributed by atoms with E-state index in [0.29, 0.717) is 10.9 Å². The van der Waals surface area contributed by atoms with Crippen LogP contribution in [-0.4, -0.2) is 10.6 Å². The molecule has 0 unspecified atom stereocenters. The highest BCUT2D eigenvalue weighted by Crippen LogP contribution is 2.33. The molecule has 2 rings (SSSR count). The molecule has 2 nitrogen and oxygen atoms in total. The highest BCUT2D eigenvalue weighted by molar-refractivity contribution is 5.85. The maximum atomic E-state index is 14.2. The van der Waals surface area contributed by atoms with Crippen molar-refractivity contribution in [2.45, 2.75) is 33.3 Å². The van der Waals surface area contributed by atoms with Gasteiger partial charge in [-0.05, 0) is 33.3 Å². The lowest BCUT2D eigenvalue weighted by atomic mass is 10.1. The van der Waals surface area contributed by atoms with E-state index in [1.165, 1.54) is 6.07 Å². The third-order valence-electron chi connectivity index (χ3n) is 2.42. The highest BCUT2D eigenvalue weighted by Gasteiger charge is 2.22. The molecule has 0 radical (unpaired) electrons. The van der Waals surface area contributed by atoms with Crippen molar-refractivity contribution < 1.29 is 13.5 Å². The van der Waals surface area contributed by atoms with Crippen LogP contribution in [0.5, 0.6) is 5.75 Å². The summed E-state index contributed by atoms with van der Waals surface area (Å²) in [6.45, 7) is 7.01. The number of rotatable bonds is 1. The molecule has 0 fully saturated rings. The summed E-state index contributed by atoms with van der Waals surface area (Å²) in [5, 5.41) is 0.380. The van der Waals surface area contributed by atoms with E-state index in [2.05, 4.69) is 4.98 Å². The Balaban J connectivity index is 2.66. The van der Waals surface area contributed by atoms with Gasteiger partial charge in [0.1, 0.15) is 5.60 Å². The molecule has 0 aliphatic heterocycles. The number of halogens is 2. The molecule has 0 saturated heterocycles. The number of aromatic nitrogens is 1. The molecule has 1 heterocycles. The molecule has 0 saturated carbocycles. The van der Waals surface area contributed by atoms with Gasteiger partial charge in [0, 0.05) is 17.6 Å². The molecular weight excluding hydrogens is 224 g/mol. The lowest BCUT2D eigenvalue weighted by Gasteiger charge is -2.22. The normalized spacial score (nSPS) is 12.1. The van der Waals surface area contributed by atoms with Crippen LogP contribution in [0.4, 0.5) is 8.78 Å². The molecule has 0 spiro atoms. The number of aryl methyl sites for hydroxylation is 1. The van der Waals surface area contributed by atoms with Crippen molar-refractivity contribution in [1.82, 2.24) is 4.98 Å². The molecule has 1 aromatic heterocycles. The van der Waals surface area contributed by atoms with Crippen LogP contribution in [-0.2, 0) is 0 Å². The van der Waals surface area contributed by atoms with Crippen molar-refractivity contribution in [2.75, 3.05) is 0 Å². The van der Waals surface area contributed by atoms with E-state index in [1.807, 2.05) is 0 Å². The maximum absolute atomic E-state index is 14.2. The molecule has 0 bridgehead atoms. The van der Waals surface area contributed by atoms with E-state index in [9.17, 15) is 8.78 Å². The van der Waals surface area contributed by atoms with Crippen LogP contribution >= 0.6 is 0 Å². The zero-order chi connectivity index (χ0) is 12.8. The molecule has 1 aromatic carbocycles. The number of nitrogens with one attached hydrogen (secondary N) is 1. The van der Waals surface area contributed by atoms with Gasteiger partial charge in [0.15, 0.2) is 17.4 Å². The SMILES string of the molecule is Cc1c[nH]c2cc(F)c(OC(C)(C)C)c(F)c12. The average Bonchev–Trinajstić information content (AvgIpc) is 2.53. The summed E-state index contributed by atoms with van der Waals surface area (Å²) in [6.07, 6.45) is 1.65. The smallest absolute Gasteiger partial charge is 0.192 e. The van der Waals surface area contributed by atoms with Gasteiger partial charge >= 0.3 is 0 Å². The Bertz CT molecular complexity index is 567. The van der Waals surface area contributed by atoms with E-state index < -0.39 is 17.2 Å². The fourth-order valence-electron chi connectivity index (χ4n) is 1.76. The van der Waals surface area contributed by atoms with Crippen LogP contribution in [0.25, 0.3) is 10.9 Å². The van der Waals surface area contributed by atoms with Gasteiger partial charge in [0.05, 0.1) is 5.52 Å². The Hall–Kier alpha value is -1.58. The van der Waals surface area contributed by atoms with Gasteiger partial charge in [-0.15, -0.1) is 0 Å². The molecule has 0 aliphatic carbocycles. The summed E-state index contributed by atoms with van der Waals surface area (Å²) in [5.74, 6) is -1.65. The second kappa shape index (κ2) is 3.72. The molecule has 4 heteroatoms. The Morgan fingerprint density at radius 2 is 1.88 bits per heavy atom. The summed E-state index contributed by atoms with van der Waals surface area (Å²) in [7, 11) is 0. The van der Waals surface area contributed by atoms with Crippen molar-refractivity contribution >= 4 is 10.9 Å². The van der Waals surface area contributed by atoms with Crippen molar-refractivity contribution in [3.05, 3.63) is 29.5 Å². The van der Waals surface area contributed by atoms with Gasteiger partial charge in [-0.25, -0.2) is 8.78 Å². The zero-order valence-electron chi connectivity index (χ0n) is 10.3. The van der Waals surface area contributed by atoms with Crippen LogP contribution in [0.3, 0.4) is 0 Å². The molecule has 17 heavy (non-hydrogen) atoms. The first-order chi connectivity index (χ1) is 7.79. The number of benzene rings is 1. The molecule has 92 valence electrons. The van der Waals surface area contributed by atoms with Crippen molar-refractivity contribution in [1.29, 1.82) is 0 Å². The Labute approximate surface area is 98.6 Å². The van der Waals surface area contributed by atoms with Crippen LogP contribution < -0.4 is 4.74 Å². The van der Waals surface area contributed by atoms with Crippen LogP contribution in [0.2, 0.25) is 0 Å². The summed E-state index contributed by atoms with van der Waals surface area (Å²) < 4.78 is 33.2. The lowest BCUT2D eigenvalue weighted by Crippen LogP contribution is -2.24. The quantitative estimate of drug-likeness (QED) is 0.801. The summed E-state index contributed by atoms with van der Waals surface area (Å²) in [4.78, 5) is 2.82. The minimum Gasteiger partial charge on any atom is -0.482 e. The molecular formula is C13H15F2NO. The predicted molar refractivity (Wildman–Crippen MR) is 63.3 cm³/mol. The number of fused-ring (bicyclic) bond motifs is 1. The Morgan fingerprint density at radius 3 is 2.47 bits per heavy atom. The number of hydrogen-bond donors (Lipinski definition) is 1. The van der Waals surface area contributed by atoms with E-state index in [4.69, 9.17) is 4.74 Å². The summed E-state index contributed by atoms with van der Waals surface area (Å²) in [5.41, 5.74) is 0.537. The largest absolute Gasteiger partial charge is 0.482 e. The third kappa shape index (κ3) is 2.12. The van der Waals surface area contributed by atoms with Gasteiger partial charge in [0.25, 0.3) is 0 Å². The van der Waals surface area contributed by atoms with Crippen LogP contribution in [0.15, 0.2) is 12.3 Å². The van der Waals surface area contributed by atoms with E-state index >= 15 is 0 Å². The monoisotopic (exact) mass is 239 g/mol. The second-order valence-electron chi connectivity index (χ2n) is 5.11. The Kier molecular flexibility index (Phi) is 2.60. The summed E-state index contributed by atoms with van der Waals surface area (Å²) in [6, 6.07) is 1.26. The Morgan fingerprint density at radius 1 is 1.24 bits per heavy atom. The van der Waals surface area contributed by atoms with E-state index in [1.54, 1.807) is 33.9 Å². The fourth-order valence-corrected chi connectivity index (χ4v) is 1.76. The van der Waals surface area contributed by atoms with Gasteiger partial charge in [0.2, 0.25) is 0 Å². The zero-order valence-corrected chi connectivity index (χ0v) is 10.3. The summed E-state index contributed by atoms with van der Waals surface area (Å²) >= 11 is 0. The lowest BCUT2D eigenvalue weighted by molar-refractivity contribution is 0.118. The van der Waals surface area contributed by atoms with Crippen molar-refractivity contribution in [3.8, 4) is 5.75 Å². The van der Waals surface area contributed by atoms with Crippen molar-refractivity contribution in [2.24, 2.45) is 0 Å². The first kappa shape index (κ1) is 11.9. The van der Waals surface area contributed by atoms with Gasteiger partial charge in [-0.2, -0.15) is 0 Å². The maximum Gasteiger partial charge on any atom is 0.192 e. The number of hydrogen-bond acceptors (Lipinski definition) is 1.